The van der Waals surface area contributed by atoms with Gasteiger partial charge in [-0.15, -0.1) is 24.2 Å². The average molecular weight is 345 g/mol. The van der Waals surface area contributed by atoms with Gasteiger partial charge in [0.1, 0.15) is 5.75 Å². The second kappa shape index (κ2) is 9.98. The van der Waals surface area contributed by atoms with Crippen LogP contribution in [0, 0.1) is 5.92 Å². The van der Waals surface area contributed by atoms with Crippen molar-refractivity contribution in [2.75, 3.05) is 26.7 Å². The van der Waals surface area contributed by atoms with E-state index in [1.807, 2.05) is 31.2 Å². The summed E-state index contributed by atoms with van der Waals surface area (Å²) in [6.45, 7) is 4.84. The van der Waals surface area contributed by atoms with Crippen LogP contribution in [0.15, 0.2) is 29.2 Å². The smallest absolute Gasteiger partial charge is 0.233 e. The Morgan fingerprint density at radius 2 is 2.18 bits per heavy atom. The molecule has 2 N–H and O–H groups in total. The van der Waals surface area contributed by atoms with E-state index in [0.717, 1.165) is 30.3 Å². The summed E-state index contributed by atoms with van der Waals surface area (Å²) in [5, 5.41) is 6.35. The molecule has 1 aromatic carbocycles. The van der Waals surface area contributed by atoms with E-state index >= 15 is 0 Å². The molecule has 1 fully saturated rings. The number of hydrogen-bond acceptors (Lipinski definition) is 4. The molecular formula is C16H25ClN2O2S. The van der Waals surface area contributed by atoms with Gasteiger partial charge in [-0.05, 0) is 63.0 Å². The second-order valence-corrected chi connectivity index (χ2v) is 6.81. The first kappa shape index (κ1) is 19.1. The third-order valence-corrected chi connectivity index (χ3v) is 4.82. The largest absolute Gasteiger partial charge is 0.497 e. The first-order valence-electron chi connectivity index (χ1n) is 7.48. The average Bonchev–Trinajstić information content (AvgIpc) is 2.54. The number of carbonyl (C=O) groups excluding carboxylic acids is 1. The quantitative estimate of drug-likeness (QED) is 0.779. The minimum absolute atomic E-state index is 0. The van der Waals surface area contributed by atoms with E-state index in [4.69, 9.17) is 4.74 Å². The van der Waals surface area contributed by atoms with E-state index in [2.05, 4.69) is 10.6 Å². The number of piperidine rings is 1. The van der Waals surface area contributed by atoms with Crippen LogP contribution in [0.1, 0.15) is 19.8 Å². The van der Waals surface area contributed by atoms with Crippen LogP contribution < -0.4 is 15.4 Å². The summed E-state index contributed by atoms with van der Waals surface area (Å²) >= 11 is 1.57. The Hall–Kier alpha value is -0.910. The monoisotopic (exact) mass is 344 g/mol. The second-order valence-electron chi connectivity index (χ2n) is 5.39. The zero-order valence-electron chi connectivity index (χ0n) is 13.1. The summed E-state index contributed by atoms with van der Waals surface area (Å²) < 4.78 is 5.13. The van der Waals surface area contributed by atoms with Crippen LogP contribution in [0.25, 0.3) is 0 Å². The van der Waals surface area contributed by atoms with Crippen molar-refractivity contribution in [1.82, 2.24) is 10.6 Å². The molecule has 4 nitrogen and oxygen atoms in total. The number of ether oxygens (including phenoxy) is 1. The number of thioether (sulfide) groups is 1. The number of amides is 1. The Morgan fingerprint density at radius 3 is 2.77 bits per heavy atom. The lowest BCUT2D eigenvalue weighted by molar-refractivity contribution is -0.120. The van der Waals surface area contributed by atoms with Crippen molar-refractivity contribution >= 4 is 30.1 Å². The standard InChI is InChI=1S/C16H24N2O2S.ClH/c1-12(21-15-7-5-14(20-2)6-8-15)16(19)18-11-13-4-3-9-17-10-13;/h5-8,12-13,17H,3-4,9-11H2,1-2H3,(H,18,19);1H. The van der Waals surface area contributed by atoms with Gasteiger partial charge < -0.3 is 15.4 Å². The van der Waals surface area contributed by atoms with Crippen molar-refractivity contribution in [3.8, 4) is 5.75 Å². The third kappa shape index (κ3) is 6.07. The Bertz CT molecular complexity index is 450. The van der Waals surface area contributed by atoms with Gasteiger partial charge >= 0.3 is 0 Å². The lowest BCUT2D eigenvalue weighted by Crippen LogP contribution is -2.40. The number of rotatable bonds is 6. The molecule has 1 aliphatic heterocycles. The summed E-state index contributed by atoms with van der Waals surface area (Å²) in [5.41, 5.74) is 0. The first-order valence-corrected chi connectivity index (χ1v) is 8.36. The van der Waals surface area contributed by atoms with Gasteiger partial charge in [0.2, 0.25) is 5.91 Å². The van der Waals surface area contributed by atoms with Crippen LogP contribution in [0.2, 0.25) is 0 Å². The number of benzene rings is 1. The normalized spacial score (nSPS) is 18.9. The lowest BCUT2D eigenvalue weighted by atomic mass is 10.00. The molecule has 1 amide bonds. The molecule has 1 heterocycles. The van der Waals surface area contributed by atoms with Gasteiger partial charge in [0.05, 0.1) is 12.4 Å². The Kier molecular flexibility index (Phi) is 8.68. The molecule has 0 radical (unpaired) electrons. The number of halogens is 1. The molecule has 0 saturated carbocycles. The van der Waals surface area contributed by atoms with E-state index in [-0.39, 0.29) is 23.6 Å². The number of methoxy groups -OCH3 is 1. The summed E-state index contributed by atoms with van der Waals surface area (Å²) in [6.07, 6.45) is 2.41. The maximum atomic E-state index is 12.1. The van der Waals surface area contributed by atoms with E-state index < -0.39 is 0 Å². The fraction of sp³-hybridized carbons (Fsp3) is 0.562. The molecule has 0 bridgehead atoms. The van der Waals surface area contributed by atoms with Crippen molar-refractivity contribution in [2.24, 2.45) is 5.92 Å². The van der Waals surface area contributed by atoms with Crippen LogP contribution >= 0.6 is 24.2 Å². The molecule has 2 unspecified atom stereocenters. The van der Waals surface area contributed by atoms with Crippen LogP contribution in [0.4, 0.5) is 0 Å². The molecular weight excluding hydrogens is 320 g/mol. The highest BCUT2D eigenvalue weighted by Crippen LogP contribution is 2.25. The van der Waals surface area contributed by atoms with Crippen LogP contribution in [-0.2, 0) is 4.79 Å². The predicted octanol–water partition coefficient (Wildman–Crippen LogP) is 2.71. The Balaban J connectivity index is 0.00000242. The van der Waals surface area contributed by atoms with Crippen LogP contribution in [-0.4, -0.2) is 37.9 Å². The molecule has 1 aliphatic rings. The fourth-order valence-electron chi connectivity index (χ4n) is 2.40. The first-order chi connectivity index (χ1) is 10.2. The lowest BCUT2D eigenvalue weighted by Gasteiger charge is -2.23. The van der Waals surface area contributed by atoms with Crippen LogP contribution in [0.3, 0.4) is 0 Å². The predicted molar refractivity (Wildman–Crippen MR) is 94.2 cm³/mol. The Labute approximate surface area is 143 Å². The molecule has 2 rings (SSSR count). The maximum Gasteiger partial charge on any atom is 0.233 e. The third-order valence-electron chi connectivity index (χ3n) is 3.71. The van der Waals surface area contributed by atoms with E-state index in [0.29, 0.717) is 5.92 Å². The van der Waals surface area contributed by atoms with E-state index in [9.17, 15) is 4.79 Å². The van der Waals surface area contributed by atoms with Gasteiger partial charge in [0, 0.05) is 11.4 Å². The van der Waals surface area contributed by atoms with E-state index in [1.165, 1.54) is 12.8 Å². The highest BCUT2D eigenvalue weighted by molar-refractivity contribution is 8.00. The molecule has 6 heteroatoms. The van der Waals surface area contributed by atoms with Crippen molar-refractivity contribution in [3.05, 3.63) is 24.3 Å². The SMILES string of the molecule is COc1ccc(SC(C)C(=O)NCC2CCCNC2)cc1.Cl. The minimum atomic E-state index is -0.0880. The van der Waals surface area contributed by atoms with Gasteiger partial charge in [-0.2, -0.15) is 0 Å². The highest BCUT2D eigenvalue weighted by atomic mass is 35.5. The number of carbonyl (C=O) groups is 1. The summed E-state index contributed by atoms with van der Waals surface area (Å²) in [7, 11) is 1.65. The summed E-state index contributed by atoms with van der Waals surface area (Å²) in [5.74, 6) is 1.52. The van der Waals surface area contributed by atoms with Crippen molar-refractivity contribution < 1.29 is 9.53 Å². The minimum Gasteiger partial charge on any atom is -0.497 e. The van der Waals surface area contributed by atoms with Gasteiger partial charge in [0.25, 0.3) is 0 Å². The molecule has 2 atom stereocenters. The number of hydrogen-bond donors (Lipinski definition) is 2. The summed E-state index contributed by atoms with van der Waals surface area (Å²) in [6, 6.07) is 7.80. The van der Waals surface area contributed by atoms with Crippen LogP contribution in [0.5, 0.6) is 5.75 Å². The molecule has 124 valence electrons. The fourth-order valence-corrected chi connectivity index (χ4v) is 3.29. The topological polar surface area (TPSA) is 50.4 Å². The molecule has 0 spiro atoms. The molecule has 1 aromatic rings. The number of nitrogens with one attached hydrogen (secondary N) is 2. The molecule has 0 aromatic heterocycles. The van der Waals surface area contributed by atoms with Gasteiger partial charge in [0.15, 0.2) is 0 Å². The summed E-state index contributed by atoms with van der Waals surface area (Å²) in [4.78, 5) is 13.2. The van der Waals surface area contributed by atoms with Gasteiger partial charge in [-0.3, -0.25) is 4.79 Å². The van der Waals surface area contributed by atoms with Crippen molar-refractivity contribution in [1.29, 1.82) is 0 Å². The van der Waals surface area contributed by atoms with E-state index in [1.54, 1.807) is 18.9 Å². The molecule has 1 saturated heterocycles. The molecule has 22 heavy (non-hydrogen) atoms. The molecule has 0 aliphatic carbocycles. The maximum absolute atomic E-state index is 12.1. The van der Waals surface area contributed by atoms with Crippen molar-refractivity contribution in [2.45, 2.75) is 29.9 Å². The van der Waals surface area contributed by atoms with Gasteiger partial charge in [-0.25, -0.2) is 0 Å². The zero-order valence-corrected chi connectivity index (χ0v) is 14.8. The van der Waals surface area contributed by atoms with Gasteiger partial charge in [-0.1, -0.05) is 0 Å². The zero-order chi connectivity index (χ0) is 15.1. The van der Waals surface area contributed by atoms with Crippen molar-refractivity contribution in [3.63, 3.8) is 0 Å². The highest BCUT2D eigenvalue weighted by Gasteiger charge is 2.17. The Morgan fingerprint density at radius 1 is 1.45 bits per heavy atom.